The summed E-state index contributed by atoms with van der Waals surface area (Å²) in [5, 5.41) is 2.96. The van der Waals surface area contributed by atoms with Crippen molar-refractivity contribution in [1.29, 1.82) is 0 Å². The topological polar surface area (TPSA) is 0 Å². The second-order valence-electron chi connectivity index (χ2n) is 4.52. The summed E-state index contributed by atoms with van der Waals surface area (Å²) in [6.45, 7) is 0. The first-order valence-electron chi connectivity index (χ1n) is 7.24. The molecule has 0 N–H and O–H groups in total. The van der Waals surface area contributed by atoms with Crippen LogP contribution in [-0.4, -0.2) is 17.2 Å². The average molecular weight is 426 g/mol. The van der Waals surface area contributed by atoms with Gasteiger partial charge in [-0.2, -0.15) is 71.0 Å². The van der Waals surface area contributed by atoms with Crippen LogP contribution in [0.4, 0.5) is 0 Å². The van der Waals surface area contributed by atoms with Gasteiger partial charge < -0.3 is 0 Å². The Morgan fingerprint density at radius 2 is 0.750 bits per heavy atom. The number of hydrogen-bond donors (Lipinski definition) is 0. The van der Waals surface area contributed by atoms with Gasteiger partial charge in [0.1, 0.15) is 0 Å². The van der Waals surface area contributed by atoms with Gasteiger partial charge in [0.2, 0.25) is 0 Å². The van der Waals surface area contributed by atoms with E-state index in [9.17, 15) is 0 Å². The summed E-state index contributed by atoms with van der Waals surface area (Å²) in [5.74, 6) is 0. The molecule has 4 rings (SSSR count). The van der Waals surface area contributed by atoms with Gasteiger partial charge in [0, 0.05) is 0 Å². The van der Waals surface area contributed by atoms with Crippen molar-refractivity contribution in [3.63, 3.8) is 0 Å². The van der Waals surface area contributed by atoms with Crippen LogP contribution in [0.25, 0.3) is 0 Å². The summed E-state index contributed by atoms with van der Waals surface area (Å²) >= 11 is 0. The summed E-state index contributed by atoms with van der Waals surface area (Å²) in [5.41, 5.74) is 0. The van der Waals surface area contributed by atoms with E-state index < -0.39 is 0 Å². The van der Waals surface area contributed by atoms with Crippen LogP contribution in [0.1, 0.15) is 0 Å². The normalized spacial score (nSPS) is 8.83. The molecule has 2 radical (unpaired) electrons. The first-order chi connectivity index (χ1) is 10.9. The maximum atomic E-state index is 2.20. The van der Waals surface area contributed by atoms with Gasteiger partial charge in [0.15, 0.2) is 0 Å². The molecule has 0 nitrogen and oxygen atoms in total. The van der Waals surface area contributed by atoms with E-state index >= 15 is 0 Å². The van der Waals surface area contributed by atoms with Crippen LogP contribution >= 0.6 is 0 Å². The van der Waals surface area contributed by atoms with E-state index in [-0.39, 0.29) is 34.1 Å². The molecule has 0 bridgehead atoms. The summed E-state index contributed by atoms with van der Waals surface area (Å²) in [6.07, 6.45) is 0. The van der Waals surface area contributed by atoms with E-state index in [1.54, 1.807) is 0 Å². The smallest absolute Gasteiger partial charge is 0.214 e. The fourth-order valence-electron chi connectivity index (χ4n) is 1.70. The molecular weight excluding hydrogens is 408 g/mol. The minimum Gasteiger partial charge on any atom is -0.214 e. The molecule has 122 valence electrons. The molecule has 0 saturated carbocycles. The molecule has 0 aromatic heterocycles. The average Bonchev–Trinajstić information content (AvgIpc) is 3.41. The third kappa shape index (κ3) is 10.6. The third-order valence-electron chi connectivity index (χ3n) is 2.79. The van der Waals surface area contributed by atoms with E-state index in [0.29, 0.717) is 0 Å². The zero-order valence-electron chi connectivity index (χ0n) is 13.1. The van der Waals surface area contributed by atoms with Crippen LogP contribution < -0.4 is 10.4 Å². The molecule has 0 saturated heterocycles. The van der Waals surface area contributed by atoms with Gasteiger partial charge in [-0.25, -0.2) is 48.5 Å². The SMILES string of the molecule is [Fe+2].[Fe+2].c1cc[c-]([Si]=[Si][c-]2cccc2)c1.c1cc[cH-]c1.c1cc[cH-]c1. The molecule has 0 heterocycles. The van der Waals surface area contributed by atoms with Crippen molar-refractivity contribution >= 4 is 27.6 Å². The van der Waals surface area contributed by atoms with Gasteiger partial charge in [0.05, 0.1) is 0 Å². The van der Waals surface area contributed by atoms with Crippen LogP contribution in [0, 0.1) is 0 Å². The Bertz CT molecular complexity index is 580. The first-order valence-corrected chi connectivity index (χ1v) is 10.2. The molecule has 0 amide bonds. The number of rotatable bonds is 2. The van der Waals surface area contributed by atoms with E-state index in [4.69, 9.17) is 0 Å². The number of hydrogen-bond acceptors (Lipinski definition) is 0. The van der Waals surface area contributed by atoms with Crippen molar-refractivity contribution in [2.75, 3.05) is 0 Å². The molecule has 4 aromatic rings. The molecule has 0 aliphatic carbocycles. The minimum atomic E-state index is 0. The largest absolute Gasteiger partial charge is 2.00 e. The van der Waals surface area contributed by atoms with Gasteiger partial charge in [-0.1, -0.05) is 17.2 Å². The quantitative estimate of drug-likeness (QED) is 0.341. The fraction of sp³-hybridized carbons (Fsp3) is 0. The molecular formula is C20H18Fe2Si2. The van der Waals surface area contributed by atoms with E-state index in [2.05, 4.69) is 48.5 Å². The molecule has 0 fully saturated rings. The molecule has 0 spiro atoms. The zero-order valence-corrected chi connectivity index (χ0v) is 17.3. The van der Waals surface area contributed by atoms with Crippen molar-refractivity contribution in [2.45, 2.75) is 0 Å². The minimum absolute atomic E-state index is 0. The summed E-state index contributed by atoms with van der Waals surface area (Å²) in [6, 6.07) is 37.2. The van der Waals surface area contributed by atoms with Gasteiger partial charge in [-0.3, -0.25) is 0 Å². The maximum Gasteiger partial charge on any atom is 2.00 e. The van der Waals surface area contributed by atoms with Crippen LogP contribution in [-0.2, 0) is 34.1 Å². The summed E-state index contributed by atoms with van der Waals surface area (Å²) in [7, 11) is 1.90. The monoisotopic (exact) mass is 426 g/mol. The van der Waals surface area contributed by atoms with Gasteiger partial charge in [0.25, 0.3) is 0 Å². The standard InChI is InChI=1S/C10H8Si2.2C5H5.2Fe/c1-2-6-9(5-1)11-12-10-7-3-4-8-10;2*1-2-4-5-3-1;;/h1-8H;2*1-5H;;/q-2;2*-1;2*+2. The second-order valence-corrected chi connectivity index (χ2v) is 7.68. The summed E-state index contributed by atoms with van der Waals surface area (Å²) < 4.78 is 0. The third-order valence-corrected chi connectivity index (χ3v) is 6.26. The molecule has 4 aromatic carbocycles. The Hall–Kier alpha value is -1.13. The van der Waals surface area contributed by atoms with Gasteiger partial charge in [-0.05, 0) is 0 Å². The molecule has 0 aliphatic rings. The fourth-order valence-corrected chi connectivity index (χ4v) is 4.57. The van der Waals surface area contributed by atoms with Crippen molar-refractivity contribution < 1.29 is 34.1 Å². The zero-order chi connectivity index (χ0) is 15.3. The van der Waals surface area contributed by atoms with E-state index in [1.165, 1.54) is 10.4 Å². The molecule has 0 unspecified atom stereocenters. The Morgan fingerprint density at radius 3 is 0.958 bits per heavy atom. The molecule has 24 heavy (non-hydrogen) atoms. The first kappa shape index (κ1) is 22.9. The van der Waals surface area contributed by atoms with Crippen molar-refractivity contribution in [1.82, 2.24) is 0 Å². The van der Waals surface area contributed by atoms with Crippen molar-refractivity contribution in [3.05, 3.63) is 109 Å². The van der Waals surface area contributed by atoms with Crippen molar-refractivity contribution in [3.8, 4) is 0 Å². The van der Waals surface area contributed by atoms with Crippen LogP contribution in [0.3, 0.4) is 0 Å². The molecule has 0 atom stereocenters. The molecule has 0 aliphatic heterocycles. The van der Waals surface area contributed by atoms with Crippen molar-refractivity contribution in [2.24, 2.45) is 0 Å². The molecule has 4 heteroatoms. The summed E-state index contributed by atoms with van der Waals surface area (Å²) in [4.78, 5) is 0. The Morgan fingerprint density at radius 1 is 0.458 bits per heavy atom. The van der Waals surface area contributed by atoms with Gasteiger partial charge >= 0.3 is 34.1 Å². The Balaban J connectivity index is 0.000000370. The predicted molar refractivity (Wildman–Crippen MR) is 98.9 cm³/mol. The van der Waals surface area contributed by atoms with Crippen LogP contribution in [0.2, 0.25) is 0 Å². The van der Waals surface area contributed by atoms with Crippen LogP contribution in [0.5, 0.6) is 0 Å². The predicted octanol–water partition coefficient (Wildman–Crippen LogP) is 3.20. The Kier molecular flexibility index (Phi) is 14.7. The van der Waals surface area contributed by atoms with E-state index in [0.717, 1.165) is 17.2 Å². The van der Waals surface area contributed by atoms with E-state index in [1.807, 2.05) is 60.7 Å². The second kappa shape index (κ2) is 15.4. The van der Waals surface area contributed by atoms with Crippen LogP contribution in [0.15, 0.2) is 109 Å². The Labute approximate surface area is 170 Å². The maximum absolute atomic E-state index is 2.20. The van der Waals surface area contributed by atoms with Gasteiger partial charge in [-0.15, -0.1) is 0 Å².